The molecule has 1 aromatic carbocycles. The summed E-state index contributed by atoms with van der Waals surface area (Å²) in [6, 6.07) is 6.07. The first-order chi connectivity index (χ1) is 15.1. The normalized spacial score (nSPS) is 13.7. The summed E-state index contributed by atoms with van der Waals surface area (Å²) in [7, 11) is 0. The maximum atomic E-state index is 12.7. The smallest absolute Gasteiger partial charge is 0.410 e. The first kappa shape index (κ1) is 23.4. The van der Waals surface area contributed by atoms with E-state index in [4.69, 9.17) is 9.47 Å². The number of hydrogen-bond acceptors (Lipinski definition) is 8. The Morgan fingerprint density at radius 1 is 1.34 bits per heavy atom. The van der Waals surface area contributed by atoms with Crippen LogP contribution >= 0.6 is 11.3 Å². The second kappa shape index (κ2) is 9.47. The third kappa shape index (κ3) is 5.50. The standard InChI is InChI=1S/C22H25N3O6S/c1-5-30-20(26)18-16-9-10-24(21(27)31-22(2,3)4)13-17(16)32-19(18)23-12-14-7-6-8-15(11-14)25(28)29/h6-8,11-12H,5,9-10,13H2,1-4H3/b23-12+. The number of esters is 1. The summed E-state index contributed by atoms with van der Waals surface area (Å²) < 4.78 is 10.7. The first-order valence-electron chi connectivity index (χ1n) is 10.2. The van der Waals surface area contributed by atoms with E-state index in [0.29, 0.717) is 35.6 Å². The number of hydrogen-bond donors (Lipinski definition) is 0. The Labute approximate surface area is 189 Å². The minimum absolute atomic E-state index is 0.0435. The van der Waals surface area contributed by atoms with Crippen LogP contribution in [0.1, 0.15) is 54.1 Å². The molecule has 0 saturated carbocycles. The van der Waals surface area contributed by atoms with Crippen molar-refractivity contribution in [2.24, 2.45) is 4.99 Å². The van der Waals surface area contributed by atoms with Gasteiger partial charge in [-0.1, -0.05) is 12.1 Å². The van der Waals surface area contributed by atoms with Gasteiger partial charge in [0.1, 0.15) is 10.6 Å². The molecule has 0 N–H and O–H groups in total. The molecule has 2 heterocycles. The third-order valence-corrected chi connectivity index (χ3v) is 5.71. The van der Waals surface area contributed by atoms with Gasteiger partial charge >= 0.3 is 12.1 Å². The molecule has 1 aliphatic rings. The van der Waals surface area contributed by atoms with Crippen molar-refractivity contribution < 1.29 is 24.0 Å². The zero-order valence-corrected chi connectivity index (χ0v) is 19.2. The number of nitrogens with zero attached hydrogens (tertiary/aromatic N) is 3. The Balaban J connectivity index is 1.92. The van der Waals surface area contributed by atoms with Crippen LogP contribution in [0.4, 0.5) is 15.5 Å². The number of carbonyl (C=O) groups excluding carboxylic acids is 2. The van der Waals surface area contributed by atoms with Gasteiger partial charge in [0.15, 0.2) is 0 Å². The average Bonchev–Trinajstić information content (AvgIpc) is 3.09. The number of fused-ring (bicyclic) bond motifs is 1. The lowest BCUT2D eigenvalue weighted by molar-refractivity contribution is -0.384. The van der Waals surface area contributed by atoms with Crippen molar-refractivity contribution in [3.63, 3.8) is 0 Å². The molecule has 0 aliphatic carbocycles. The van der Waals surface area contributed by atoms with E-state index in [-0.39, 0.29) is 12.3 Å². The molecule has 0 saturated heterocycles. The van der Waals surface area contributed by atoms with Gasteiger partial charge in [0.2, 0.25) is 0 Å². The predicted molar refractivity (Wildman–Crippen MR) is 121 cm³/mol. The molecule has 10 heteroatoms. The lowest BCUT2D eigenvalue weighted by atomic mass is 10.0. The highest BCUT2D eigenvalue weighted by molar-refractivity contribution is 7.16. The van der Waals surface area contributed by atoms with Gasteiger partial charge in [-0.2, -0.15) is 0 Å². The number of aliphatic imine (C=N–C) groups is 1. The number of nitro groups is 1. The zero-order chi connectivity index (χ0) is 23.5. The predicted octanol–water partition coefficient (Wildman–Crippen LogP) is 4.88. The SMILES string of the molecule is CCOC(=O)c1c(/N=C/c2cccc([N+](=O)[O-])c2)sc2c1CCN(C(=O)OC(C)(C)C)C2. The highest BCUT2D eigenvalue weighted by atomic mass is 32.1. The van der Waals surface area contributed by atoms with Gasteiger partial charge in [0.25, 0.3) is 5.69 Å². The molecule has 2 aromatic rings. The molecule has 1 aliphatic heterocycles. The second-order valence-corrected chi connectivity index (χ2v) is 9.25. The quantitative estimate of drug-likeness (QED) is 0.273. The molecule has 32 heavy (non-hydrogen) atoms. The Bertz CT molecular complexity index is 1070. The van der Waals surface area contributed by atoms with Gasteiger partial charge in [-0.3, -0.25) is 10.1 Å². The number of benzene rings is 1. The van der Waals surface area contributed by atoms with Gasteiger partial charge in [0.05, 0.1) is 23.6 Å². The highest BCUT2D eigenvalue weighted by Gasteiger charge is 2.32. The largest absolute Gasteiger partial charge is 0.462 e. The van der Waals surface area contributed by atoms with Crippen molar-refractivity contribution in [3.8, 4) is 0 Å². The van der Waals surface area contributed by atoms with Gasteiger partial charge in [0, 0.05) is 29.8 Å². The van der Waals surface area contributed by atoms with E-state index in [9.17, 15) is 19.7 Å². The van der Waals surface area contributed by atoms with Crippen LogP contribution in [0.25, 0.3) is 0 Å². The van der Waals surface area contributed by atoms with Crippen LogP contribution in [0, 0.1) is 10.1 Å². The zero-order valence-electron chi connectivity index (χ0n) is 18.4. The fourth-order valence-corrected chi connectivity index (χ4v) is 4.42. The summed E-state index contributed by atoms with van der Waals surface area (Å²) >= 11 is 1.30. The molecule has 3 rings (SSSR count). The molecule has 170 valence electrons. The maximum absolute atomic E-state index is 12.7. The summed E-state index contributed by atoms with van der Waals surface area (Å²) in [5.74, 6) is -0.470. The minimum atomic E-state index is -0.601. The lowest BCUT2D eigenvalue weighted by Gasteiger charge is -2.30. The Morgan fingerprint density at radius 3 is 2.75 bits per heavy atom. The molecule has 0 fully saturated rings. The Hall–Kier alpha value is -3.27. The minimum Gasteiger partial charge on any atom is -0.462 e. The summed E-state index contributed by atoms with van der Waals surface area (Å²) in [6.45, 7) is 8.11. The second-order valence-electron chi connectivity index (χ2n) is 8.17. The van der Waals surface area contributed by atoms with Crippen molar-refractivity contribution in [2.75, 3.05) is 13.2 Å². The fraction of sp³-hybridized carbons (Fsp3) is 0.409. The number of carbonyl (C=O) groups is 2. The number of ether oxygens (including phenoxy) is 2. The van der Waals surface area contributed by atoms with Gasteiger partial charge < -0.3 is 14.4 Å². The number of thiophene rings is 1. The van der Waals surface area contributed by atoms with Crippen molar-refractivity contribution in [1.29, 1.82) is 0 Å². The van der Waals surface area contributed by atoms with Crippen LogP contribution in [0.2, 0.25) is 0 Å². The monoisotopic (exact) mass is 459 g/mol. The van der Waals surface area contributed by atoms with Gasteiger partial charge in [-0.15, -0.1) is 11.3 Å². The molecule has 0 spiro atoms. The van der Waals surface area contributed by atoms with Crippen molar-refractivity contribution in [3.05, 3.63) is 55.9 Å². The van der Waals surface area contributed by atoms with Crippen LogP contribution in [-0.2, 0) is 22.4 Å². The summed E-state index contributed by atoms with van der Waals surface area (Å²) in [5.41, 5.74) is 1.10. The van der Waals surface area contributed by atoms with E-state index in [0.717, 1.165) is 10.4 Å². The van der Waals surface area contributed by atoms with Crippen LogP contribution in [0.5, 0.6) is 0 Å². The molecule has 1 aromatic heterocycles. The van der Waals surface area contributed by atoms with E-state index in [2.05, 4.69) is 4.99 Å². The summed E-state index contributed by atoms with van der Waals surface area (Å²) in [6.07, 6.45) is 1.56. The Morgan fingerprint density at radius 2 is 2.09 bits per heavy atom. The highest BCUT2D eigenvalue weighted by Crippen LogP contribution is 2.39. The number of nitro benzene ring substituents is 1. The molecule has 0 bridgehead atoms. The average molecular weight is 460 g/mol. The molecule has 0 unspecified atom stereocenters. The van der Waals surface area contributed by atoms with E-state index in [1.54, 1.807) is 24.0 Å². The summed E-state index contributed by atoms with van der Waals surface area (Å²) in [5, 5.41) is 11.5. The van der Waals surface area contributed by atoms with Crippen LogP contribution in [-0.4, -0.2) is 46.9 Å². The van der Waals surface area contributed by atoms with Crippen LogP contribution in [0.15, 0.2) is 29.3 Å². The molecule has 1 amide bonds. The molecule has 9 nitrogen and oxygen atoms in total. The van der Waals surface area contributed by atoms with E-state index in [1.807, 2.05) is 20.8 Å². The summed E-state index contributed by atoms with van der Waals surface area (Å²) in [4.78, 5) is 42.6. The molecular weight excluding hydrogens is 434 g/mol. The van der Waals surface area contributed by atoms with E-state index >= 15 is 0 Å². The van der Waals surface area contributed by atoms with Crippen LogP contribution < -0.4 is 0 Å². The number of amides is 1. The topological polar surface area (TPSA) is 111 Å². The Kier molecular flexibility index (Phi) is 6.93. The third-order valence-electron chi connectivity index (χ3n) is 4.58. The first-order valence-corrected chi connectivity index (χ1v) is 11.0. The molecular formula is C22H25N3O6S. The van der Waals surface area contributed by atoms with Crippen molar-refractivity contribution in [1.82, 2.24) is 4.90 Å². The lowest BCUT2D eigenvalue weighted by Crippen LogP contribution is -2.39. The molecule has 0 radical (unpaired) electrons. The maximum Gasteiger partial charge on any atom is 0.410 e. The van der Waals surface area contributed by atoms with Crippen LogP contribution in [0.3, 0.4) is 0 Å². The van der Waals surface area contributed by atoms with Crippen molar-refractivity contribution >= 4 is 40.3 Å². The van der Waals surface area contributed by atoms with E-state index < -0.39 is 22.6 Å². The number of rotatable bonds is 5. The molecule has 0 atom stereocenters. The van der Waals surface area contributed by atoms with Gasteiger partial charge in [-0.25, -0.2) is 14.6 Å². The van der Waals surface area contributed by atoms with Crippen molar-refractivity contribution in [2.45, 2.75) is 46.3 Å². The number of non-ortho nitro benzene ring substituents is 1. The fourth-order valence-electron chi connectivity index (χ4n) is 3.23. The van der Waals surface area contributed by atoms with E-state index in [1.165, 1.54) is 29.7 Å². The van der Waals surface area contributed by atoms with Gasteiger partial charge in [-0.05, 0) is 45.2 Å².